The number of aryl methyl sites for hydroxylation is 1. The van der Waals surface area contributed by atoms with Gasteiger partial charge in [0.15, 0.2) is 0 Å². The minimum atomic E-state index is -0.432. The van der Waals surface area contributed by atoms with Crippen LogP contribution in [0.15, 0.2) is 5.38 Å². The molecular formula is C12H23Cl2N3O2S. The Morgan fingerprint density at radius 3 is 2.60 bits per heavy atom. The van der Waals surface area contributed by atoms with E-state index in [0.717, 1.165) is 10.7 Å². The van der Waals surface area contributed by atoms with Gasteiger partial charge in [0.25, 0.3) is 0 Å². The first kappa shape index (κ1) is 21.9. The topological polar surface area (TPSA) is 63.2 Å². The third-order valence-electron chi connectivity index (χ3n) is 2.37. The zero-order valence-electron chi connectivity index (χ0n) is 12.2. The molecule has 0 bridgehead atoms. The van der Waals surface area contributed by atoms with E-state index in [0.29, 0.717) is 13.2 Å². The predicted molar refractivity (Wildman–Crippen MR) is 87.3 cm³/mol. The van der Waals surface area contributed by atoms with Crippen molar-refractivity contribution in [1.82, 2.24) is 15.6 Å². The van der Waals surface area contributed by atoms with E-state index < -0.39 is 5.54 Å². The number of carbonyl (C=O) groups is 1. The highest BCUT2D eigenvalue weighted by molar-refractivity contribution is 7.09. The molecule has 0 fully saturated rings. The maximum atomic E-state index is 11.8. The maximum Gasteiger partial charge on any atom is 0.234 e. The molecule has 118 valence electrons. The molecule has 1 aromatic rings. The van der Waals surface area contributed by atoms with Crippen molar-refractivity contribution in [2.24, 2.45) is 0 Å². The van der Waals surface area contributed by atoms with Crippen LogP contribution in [0.2, 0.25) is 0 Å². The standard InChI is InChI=1S/C12H21N3O2S.2ClH/c1-9-8-18-11(14-9)12(2,3)15-10(16)7-13-5-6-17-4;;/h8,13H,5-7H2,1-4H3,(H,15,16);2*1H. The van der Waals surface area contributed by atoms with E-state index in [2.05, 4.69) is 15.6 Å². The largest absolute Gasteiger partial charge is 0.383 e. The fraction of sp³-hybridized carbons (Fsp3) is 0.667. The monoisotopic (exact) mass is 343 g/mol. The summed E-state index contributed by atoms with van der Waals surface area (Å²) in [6.07, 6.45) is 0. The highest BCUT2D eigenvalue weighted by Crippen LogP contribution is 2.23. The van der Waals surface area contributed by atoms with Gasteiger partial charge >= 0.3 is 0 Å². The summed E-state index contributed by atoms with van der Waals surface area (Å²) in [5, 5.41) is 8.89. The van der Waals surface area contributed by atoms with E-state index in [9.17, 15) is 4.79 Å². The number of halogens is 2. The zero-order valence-corrected chi connectivity index (χ0v) is 14.6. The minimum Gasteiger partial charge on any atom is -0.383 e. The van der Waals surface area contributed by atoms with E-state index in [-0.39, 0.29) is 37.3 Å². The average Bonchev–Trinajstić information content (AvgIpc) is 2.71. The lowest BCUT2D eigenvalue weighted by molar-refractivity contribution is -0.121. The van der Waals surface area contributed by atoms with Crippen LogP contribution in [0, 0.1) is 6.92 Å². The van der Waals surface area contributed by atoms with Crippen molar-refractivity contribution in [1.29, 1.82) is 0 Å². The Labute approximate surface area is 136 Å². The SMILES string of the molecule is COCCNCC(=O)NC(C)(C)c1nc(C)cs1.Cl.Cl. The van der Waals surface area contributed by atoms with Crippen LogP contribution in [0.5, 0.6) is 0 Å². The van der Waals surface area contributed by atoms with Crippen molar-refractivity contribution in [3.8, 4) is 0 Å². The Kier molecular flexibility index (Phi) is 11.3. The van der Waals surface area contributed by atoms with Crippen molar-refractivity contribution < 1.29 is 9.53 Å². The van der Waals surface area contributed by atoms with E-state index >= 15 is 0 Å². The van der Waals surface area contributed by atoms with Crippen LogP contribution in [0.3, 0.4) is 0 Å². The number of nitrogens with one attached hydrogen (secondary N) is 2. The lowest BCUT2D eigenvalue weighted by atomic mass is 10.1. The van der Waals surface area contributed by atoms with Gasteiger partial charge < -0.3 is 15.4 Å². The third-order valence-corrected chi connectivity index (χ3v) is 3.66. The average molecular weight is 344 g/mol. The maximum absolute atomic E-state index is 11.8. The number of carbonyl (C=O) groups excluding carboxylic acids is 1. The van der Waals surface area contributed by atoms with Gasteiger partial charge in [0.1, 0.15) is 5.01 Å². The van der Waals surface area contributed by atoms with Crippen molar-refractivity contribution in [2.45, 2.75) is 26.3 Å². The van der Waals surface area contributed by atoms with Crippen LogP contribution in [0.4, 0.5) is 0 Å². The molecule has 8 heteroatoms. The molecule has 1 heterocycles. The number of amides is 1. The summed E-state index contributed by atoms with van der Waals surface area (Å²) in [5.74, 6) is -0.0380. The number of aromatic nitrogens is 1. The summed E-state index contributed by atoms with van der Waals surface area (Å²) >= 11 is 1.56. The molecule has 1 rings (SSSR count). The Morgan fingerprint density at radius 1 is 1.45 bits per heavy atom. The highest BCUT2D eigenvalue weighted by Gasteiger charge is 2.25. The van der Waals surface area contributed by atoms with Gasteiger partial charge in [0, 0.05) is 24.7 Å². The minimum absolute atomic E-state index is 0. The molecule has 2 N–H and O–H groups in total. The molecule has 0 radical (unpaired) electrons. The van der Waals surface area contributed by atoms with E-state index in [1.807, 2.05) is 26.2 Å². The fourth-order valence-corrected chi connectivity index (χ4v) is 2.34. The van der Waals surface area contributed by atoms with Gasteiger partial charge in [0.2, 0.25) is 5.91 Å². The molecule has 0 saturated heterocycles. The Balaban J connectivity index is 0. The molecular weight excluding hydrogens is 321 g/mol. The van der Waals surface area contributed by atoms with Gasteiger partial charge in [-0.05, 0) is 20.8 Å². The quantitative estimate of drug-likeness (QED) is 0.742. The van der Waals surface area contributed by atoms with Gasteiger partial charge in [-0.1, -0.05) is 0 Å². The summed E-state index contributed by atoms with van der Waals surface area (Å²) in [5.41, 5.74) is 0.550. The fourth-order valence-electron chi connectivity index (χ4n) is 1.46. The summed E-state index contributed by atoms with van der Waals surface area (Å²) in [6.45, 7) is 7.42. The highest BCUT2D eigenvalue weighted by atomic mass is 35.5. The number of hydrogen-bond acceptors (Lipinski definition) is 5. The van der Waals surface area contributed by atoms with Crippen LogP contribution in [-0.2, 0) is 15.1 Å². The van der Waals surface area contributed by atoms with Crippen LogP contribution < -0.4 is 10.6 Å². The molecule has 20 heavy (non-hydrogen) atoms. The number of nitrogens with zero attached hydrogens (tertiary/aromatic N) is 1. The summed E-state index contributed by atoms with van der Waals surface area (Å²) in [6, 6.07) is 0. The molecule has 0 aliphatic heterocycles. The number of hydrogen-bond donors (Lipinski definition) is 2. The van der Waals surface area contributed by atoms with Gasteiger partial charge in [0.05, 0.1) is 18.7 Å². The molecule has 0 saturated carbocycles. The number of rotatable bonds is 7. The Morgan fingerprint density at radius 2 is 2.10 bits per heavy atom. The zero-order chi connectivity index (χ0) is 13.6. The first-order chi connectivity index (χ1) is 8.45. The van der Waals surface area contributed by atoms with Gasteiger partial charge in [-0.15, -0.1) is 36.2 Å². The van der Waals surface area contributed by atoms with Crippen molar-refractivity contribution in [3.05, 3.63) is 16.1 Å². The van der Waals surface area contributed by atoms with Gasteiger partial charge in [-0.2, -0.15) is 0 Å². The molecule has 0 aromatic carbocycles. The second kappa shape index (κ2) is 10.3. The van der Waals surface area contributed by atoms with Crippen LogP contribution in [0.1, 0.15) is 24.5 Å². The predicted octanol–water partition coefficient (Wildman–Crippen LogP) is 1.88. The van der Waals surface area contributed by atoms with E-state index in [1.165, 1.54) is 0 Å². The molecule has 1 aromatic heterocycles. The van der Waals surface area contributed by atoms with Gasteiger partial charge in [-0.3, -0.25) is 4.79 Å². The Hall–Kier alpha value is -0.400. The second-order valence-electron chi connectivity index (χ2n) is 4.64. The second-order valence-corrected chi connectivity index (χ2v) is 5.49. The van der Waals surface area contributed by atoms with Gasteiger partial charge in [-0.25, -0.2) is 4.98 Å². The molecule has 0 aliphatic rings. The van der Waals surface area contributed by atoms with E-state index in [4.69, 9.17) is 4.74 Å². The summed E-state index contributed by atoms with van der Waals surface area (Å²) in [7, 11) is 1.63. The smallest absolute Gasteiger partial charge is 0.234 e. The molecule has 0 aliphatic carbocycles. The van der Waals surface area contributed by atoms with Crippen LogP contribution in [-0.4, -0.2) is 37.7 Å². The summed E-state index contributed by atoms with van der Waals surface area (Å²) < 4.78 is 4.89. The van der Waals surface area contributed by atoms with Crippen molar-refractivity contribution >= 4 is 42.1 Å². The van der Waals surface area contributed by atoms with Crippen LogP contribution in [0.25, 0.3) is 0 Å². The molecule has 0 spiro atoms. The van der Waals surface area contributed by atoms with Crippen molar-refractivity contribution in [3.63, 3.8) is 0 Å². The lowest BCUT2D eigenvalue weighted by Gasteiger charge is -2.24. The molecule has 0 unspecified atom stereocenters. The lowest BCUT2D eigenvalue weighted by Crippen LogP contribution is -2.45. The number of thiazole rings is 1. The molecule has 5 nitrogen and oxygen atoms in total. The molecule has 1 amide bonds. The summed E-state index contributed by atoms with van der Waals surface area (Å²) in [4.78, 5) is 16.2. The first-order valence-electron chi connectivity index (χ1n) is 5.89. The van der Waals surface area contributed by atoms with E-state index in [1.54, 1.807) is 18.4 Å². The van der Waals surface area contributed by atoms with Crippen LogP contribution >= 0.6 is 36.2 Å². The first-order valence-corrected chi connectivity index (χ1v) is 6.77. The normalized spacial score (nSPS) is 10.4. The third kappa shape index (κ3) is 7.40. The molecule has 0 atom stereocenters. The van der Waals surface area contributed by atoms with Crippen molar-refractivity contribution in [2.75, 3.05) is 26.8 Å². The Bertz CT molecular complexity index is 400. The number of methoxy groups -OCH3 is 1. The number of ether oxygens (including phenoxy) is 1.